The topological polar surface area (TPSA) is 109 Å². The minimum Gasteiger partial charge on any atom is -0.449 e. The third-order valence-electron chi connectivity index (χ3n) is 5.48. The molecule has 2 aromatic rings. The summed E-state index contributed by atoms with van der Waals surface area (Å²) in [6.45, 7) is 2.41. The molecule has 10 heteroatoms. The maximum atomic E-state index is 14.5. The van der Waals surface area contributed by atoms with E-state index < -0.39 is 11.9 Å². The molecule has 4 rings (SSSR count). The number of ether oxygens (including phenoxy) is 1. The van der Waals surface area contributed by atoms with E-state index >= 15 is 0 Å². The lowest BCUT2D eigenvalue weighted by molar-refractivity contribution is -0.119. The van der Waals surface area contributed by atoms with Gasteiger partial charge in [-0.1, -0.05) is 0 Å². The first-order valence-electron chi connectivity index (χ1n) is 10.5. The minimum absolute atomic E-state index is 0.0162. The Hall–Kier alpha value is -3.30. The predicted molar refractivity (Wildman–Crippen MR) is 112 cm³/mol. The summed E-state index contributed by atoms with van der Waals surface area (Å²) < 4.78 is 19.6. The van der Waals surface area contributed by atoms with Crippen molar-refractivity contribution >= 4 is 23.8 Å². The largest absolute Gasteiger partial charge is 0.449 e. The highest BCUT2D eigenvalue weighted by molar-refractivity contribution is 5.87. The summed E-state index contributed by atoms with van der Waals surface area (Å²) in [4.78, 5) is 37.3. The highest BCUT2D eigenvalue weighted by Gasteiger charge is 2.24. The summed E-state index contributed by atoms with van der Waals surface area (Å²) in [5.74, 6) is 0.164. The van der Waals surface area contributed by atoms with Gasteiger partial charge in [0.1, 0.15) is 11.5 Å². The summed E-state index contributed by atoms with van der Waals surface area (Å²) in [6, 6.07) is 3.61. The molecule has 2 aromatic heterocycles. The van der Waals surface area contributed by atoms with Crippen LogP contribution in [0.5, 0.6) is 0 Å². The molecule has 2 N–H and O–H groups in total. The Morgan fingerprint density at radius 3 is 2.74 bits per heavy atom. The average Bonchev–Trinajstić information content (AvgIpc) is 2.76. The number of hydrogen-bond donors (Lipinski definition) is 2. The van der Waals surface area contributed by atoms with Crippen LogP contribution >= 0.6 is 0 Å². The van der Waals surface area contributed by atoms with Crippen LogP contribution in [-0.4, -0.2) is 52.2 Å². The maximum Gasteiger partial charge on any atom is 0.415 e. The van der Waals surface area contributed by atoms with Crippen LogP contribution in [0, 0.1) is 5.82 Å². The summed E-state index contributed by atoms with van der Waals surface area (Å²) in [7, 11) is 0. The number of halogens is 1. The van der Waals surface area contributed by atoms with Crippen molar-refractivity contribution in [3.05, 3.63) is 30.3 Å². The van der Waals surface area contributed by atoms with Crippen LogP contribution in [-0.2, 0) is 9.53 Å². The second-order valence-electron chi connectivity index (χ2n) is 7.81. The Labute approximate surface area is 179 Å². The highest BCUT2D eigenvalue weighted by atomic mass is 19.1. The Bertz CT molecular complexity index is 964. The molecule has 1 saturated heterocycles. The van der Waals surface area contributed by atoms with Crippen molar-refractivity contribution in [1.29, 1.82) is 0 Å². The van der Waals surface area contributed by atoms with E-state index in [0.29, 0.717) is 36.9 Å². The third-order valence-corrected chi connectivity index (χ3v) is 5.48. The van der Waals surface area contributed by atoms with Gasteiger partial charge in [0, 0.05) is 37.3 Å². The molecule has 0 spiro atoms. The molecule has 2 aliphatic rings. The molecule has 0 aromatic carbocycles. The van der Waals surface area contributed by atoms with Gasteiger partial charge in [0.2, 0.25) is 11.9 Å². The molecule has 2 amide bonds. The van der Waals surface area contributed by atoms with Crippen LogP contribution in [0.25, 0.3) is 11.3 Å². The molecule has 2 fully saturated rings. The molecule has 0 bridgehead atoms. The predicted octanol–water partition coefficient (Wildman–Crippen LogP) is 2.88. The van der Waals surface area contributed by atoms with E-state index in [4.69, 9.17) is 4.74 Å². The smallest absolute Gasteiger partial charge is 0.415 e. The van der Waals surface area contributed by atoms with Crippen molar-refractivity contribution in [2.24, 2.45) is 0 Å². The van der Waals surface area contributed by atoms with Crippen LogP contribution in [0.3, 0.4) is 0 Å². The van der Waals surface area contributed by atoms with E-state index in [-0.39, 0.29) is 23.7 Å². The number of nitrogens with zero attached hydrogens (tertiary/aromatic N) is 4. The summed E-state index contributed by atoms with van der Waals surface area (Å²) in [5.41, 5.74) is 0.638. The standard InChI is InChI=1S/C21H25FN6O3/c1-13(29)25-15-3-5-16(6-4-15)26-20-24-12-17(22)19(27-20)14-7-8-23-18(11-14)28-9-2-10-31-21(28)30/h7-8,11-12,15-16H,2-6,9-10H2,1H3,(H,25,29)(H,24,26,27)/t15-,16-. The first kappa shape index (κ1) is 21.0. The zero-order chi connectivity index (χ0) is 21.8. The summed E-state index contributed by atoms with van der Waals surface area (Å²) >= 11 is 0. The maximum absolute atomic E-state index is 14.5. The SMILES string of the molecule is CC(=O)N[C@H]1CC[C@H](Nc2ncc(F)c(-c3ccnc(N4CCCOC4=O)c3)n2)CC1. The number of carbonyl (C=O) groups is 2. The second kappa shape index (κ2) is 9.23. The fourth-order valence-corrected chi connectivity index (χ4v) is 3.96. The van der Waals surface area contributed by atoms with E-state index in [1.165, 1.54) is 18.0 Å². The van der Waals surface area contributed by atoms with E-state index in [1.54, 1.807) is 12.1 Å². The summed E-state index contributed by atoms with van der Waals surface area (Å²) in [5, 5.41) is 6.22. The molecule has 3 heterocycles. The molecule has 1 aliphatic heterocycles. The van der Waals surface area contributed by atoms with E-state index in [1.807, 2.05) is 0 Å². The van der Waals surface area contributed by atoms with Crippen LogP contribution in [0.2, 0.25) is 0 Å². The van der Waals surface area contributed by atoms with Gasteiger partial charge in [-0.2, -0.15) is 0 Å². The molecular formula is C21H25FN6O3. The Morgan fingerprint density at radius 1 is 1.23 bits per heavy atom. The molecule has 1 saturated carbocycles. The van der Waals surface area contributed by atoms with Gasteiger partial charge >= 0.3 is 6.09 Å². The first-order chi connectivity index (χ1) is 15.0. The number of pyridine rings is 1. The van der Waals surface area contributed by atoms with Crippen molar-refractivity contribution in [1.82, 2.24) is 20.3 Å². The van der Waals surface area contributed by atoms with E-state index in [2.05, 4.69) is 25.6 Å². The number of nitrogens with one attached hydrogen (secondary N) is 2. The van der Waals surface area contributed by atoms with Crippen LogP contribution in [0.15, 0.2) is 24.5 Å². The zero-order valence-corrected chi connectivity index (χ0v) is 17.3. The Balaban J connectivity index is 1.48. The van der Waals surface area contributed by atoms with Crippen molar-refractivity contribution in [2.45, 2.75) is 51.1 Å². The fourth-order valence-electron chi connectivity index (χ4n) is 3.96. The average molecular weight is 428 g/mol. The zero-order valence-electron chi connectivity index (χ0n) is 17.3. The molecule has 0 atom stereocenters. The molecular weight excluding hydrogens is 403 g/mol. The third kappa shape index (κ3) is 5.07. The lowest BCUT2D eigenvalue weighted by atomic mass is 9.91. The molecule has 164 valence electrons. The second-order valence-corrected chi connectivity index (χ2v) is 7.81. The molecule has 1 aliphatic carbocycles. The van der Waals surface area contributed by atoms with Crippen LogP contribution < -0.4 is 15.5 Å². The van der Waals surface area contributed by atoms with Gasteiger partial charge in [-0.15, -0.1) is 0 Å². The number of hydrogen-bond acceptors (Lipinski definition) is 7. The minimum atomic E-state index is -0.557. The van der Waals surface area contributed by atoms with Crippen molar-refractivity contribution in [3.8, 4) is 11.3 Å². The lowest BCUT2D eigenvalue weighted by Crippen LogP contribution is -2.39. The van der Waals surface area contributed by atoms with Gasteiger partial charge in [-0.05, 0) is 44.2 Å². The van der Waals surface area contributed by atoms with Gasteiger partial charge in [0.15, 0.2) is 5.82 Å². The van der Waals surface area contributed by atoms with Gasteiger partial charge < -0.3 is 15.4 Å². The molecule has 0 unspecified atom stereocenters. The van der Waals surface area contributed by atoms with Crippen molar-refractivity contribution < 1.29 is 18.7 Å². The van der Waals surface area contributed by atoms with Crippen molar-refractivity contribution in [2.75, 3.05) is 23.4 Å². The molecule has 0 radical (unpaired) electrons. The van der Waals surface area contributed by atoms with Gasteiger partial charge in [-0.3, -0.25) is 9.69 Å². The quantitative estimate of drug-likeness (QED) is 0.754. The summed E-state index contributed by atoms with van der Waals surface area (Å²) in [6.07, 6.45) is 6.35. The number of aromatic nitrogens is 3. The first-order valence-corrected chi connectivity index (χ1v) is 10.5. The normalized spacial score (nSPS) is 21.4. The van der Waals surface area contributed by atoms with Crippen LogP contribution in [0.4, 0.5) is 21.0 Å². The van der Waals surface area contributed by atoms with E-state index in [9.17, 15) is 14.0 Å². The van der Waals surface area contributed by atoms with Crippen LogP contribution in [0.1, 0.15) is 39.0 Å². The Kier molecular flexibility index (Phi) is 6.24. The van der Waals surface area contributed by atoms with Gasteiger partial charge in [0.25, 0.3) is 0 Å². The number of cyclic esters (lactones) is 1. The lowest BCUT2D eigenvalue weighted by Gasteiger charge is -2.29. The van der Waals surface area contributed by atoms with E-state index in [0.717, 1.165) is 31.9 Å². The number of rotatable bonds is 5. The molecule has 31 heavy (non-hydrogen) atoms. The monoisotopic (exact) mass is 428 g/mol. The number of amides is 2. The highest BCUT2D eigenvalue weighted by Crippen LogP contribution is 2.27. The van der Waals surface area contributed by atoms with Crippen molar-refractivity contribution in [3.63, 3.8) is 0 Å². The van der Waals surface area contributed by atoms with Gasteiger partial charge in [-0.25, -0.2) is 24.1 Å². The fraction of sp³-hybridized carbons (Fsp3) is 0.476. The van der Waals surface area contributed by atoms with Gasteiger partial charge in [0.05, 0.1) is 12.8 Å². The number of carbonyl (C=O) groups excluding carboxylic acids is 2. The number of anilines is 2. The Morgan fingerprint density at radius 2 is 2.00 bits per heavy atom. The molecule has 9 nitrogen and oxygen atoms in total.